The molecule has 0 unspecified atom stereocenters. The van der Waals surface area contributed by atoms with E-state index >= 15 is 0 Å². The summed E-state index contributed by atoms with van der Waals surface area (Å²) in [6, 6.07) is 0. The third-order valence-electron chi connectivity index (χ3n) is 3.11. The minimum Gasteiger partial charge on any atom is -0.394 e. The van der Waals surface area contributed by atoms with Crippen molar-refractivity contribution in [3.63, 3.8) is 0 Å². The first-order valence-electron chi connectivity index (χ1n) is 10.3. The van der Waals surface area contributed by atoms with Crippen molar-refractivity contribution in [3.8, 4) is 0 Å². The molecule has 0 spiro atoms. The van der Waals surface area contributed by atoms with Gasteiger partial charge in [0.1, 0.15) is 0 Å². The standard InChI is InChI=1S/C18H38O8.H2O4S/c1-2-3-5-20-7-9-22-11-13-24-15-17-26-18-16-25-14-12-23-10-8-21-6-4-19;1-5(2,3)4/h19H,2-18H2,1H3;(H2,1,2,3,4). The average molecular weight is 481 g/mol. The predicted octanol–water partition coefficient (Wildman–Crippen LogP) is 0.242. The minimum absolute atomic E-state index is 0.0382. The molecule has 0 aromatic carbocycles. The molecular formula is C18H40O12S. The Morgan fingerprint density at radius 2 is 0.742 bits per heavy atom. The molecule has 0 saturated carbocycles. The van der Waals surface area contributed by atoms with Gasteiger partial charge in [-0.2, -0.15) is 8.42 Å². The van der Waals surface area contributed by atoms with Crippen molar-refractivity contribution < 1.29 is 55.8 Å². The maximum atomic E-state index is 8.74. The van der Waals surface area contributed by atoms with E-state index in [-0.39, 0.29) is 6.61 Å². The first-order chi connectivity index (χ1) is 14.9. The number of rotatable bonds is 23. The van der Waals surface area contributed by atoms with Crippen molar-refractivity contribution in [2.24, 2.45) is 0 Å². The fraction of sp³-hybridized carbons (Fsp3) is 1.00. The zero-order valence-electron chi connectivity index (χ0n) is 18.4. The number of ether oxygens (including phenoxy) is 7. The second kappa shape index (κ2) is 27.6. The average Bonchev–Trinajstić information content (AvgIpc) is 2.70. The number of hydrogen-bond donors (Lipinski definition) is 3. The molecule has 3 N–H and O–H groups in total. The molecule has 0 saturated heterocycles. The molecule has 31 heavy (non-hydrogen) atoms. The Labute approximate surface area is 185 Å². The SMILES string of the molecule is CCCCOCCOCCOCCOCCOCCOCCOCCO.O=S(=O)(O)O. The summed E-state index contributed by atoms with van der Waals surface area (Å²) in [5.74, 6) is 0. The van der Waals surface area contributed by atoms with E-state index in [0.717, 1.165) is 19.4 Å². The summed E-state index contributed by atoms with van der Waals surface area (Å²) in [5, 5.41) is 8.52. The first kappa shape index (κ1) is 32.7. The van der Waals surface area contributed by atoms with Crippen molar-refractivity contribution >= 4 is 10.4 Å². The molecule has 0 aliphatic rings. The molecule has 0 radical (unpaired) electrons. The normalized spacial score (nSPS) is 11.4. The van der Waals surface area contributed by atoms with Crippen molar-refractivity contribution in [3.05, 3.63) is 0 Å². The van der Waals surface area contributed by atoms with Crippen LogP contribution in [0.15, 0.2) is 0 Å². The predicted molar refractivity (Wildman–Crippen MR) is 112 cm³/mol. The van der Waals surface area contributed by atoms with E-state index in [4.69, 9.17) is 55.8 Å². The van der Waals surface area contributed by atoms with Crippen LogP contribution in [0.4, 0.5) is 0 Å². The third-order valence-corrected chi connectivity index (χ3v) is 3.11. The Morgan fingerprint density at radius 1 is 0.516 bits per heavy atom. The van der Waals surface area contributed by atoms with Crippen LogP contribution >= 0.6 is 0 Å². The van der Waals surface area contributed by atoms with Gasteiger partial charge in [0.25, 0.3) is 0 Å². The Bertz CT molecular complexity index is 390. The van der Waals surface area contributed by atoms with E-state index in [2.05, 4.69) is 6.92 Å². The van der Waals surface area contributed by atoms with Crippen LogP contribution in [0.1, 0.15) is 19.8 Å². The van der Waals surface area contributed by atoms with Crippen molar-refractivity contribution in [2.45, 2.75) is 19.8 Å². The van der Waals surface area contributed by atoms with Gasteiger partial charge >= 0.3 is 10.4 Å². The van der Waals surface area contributed by atoms with Crippen LogP contribution in [-0.2, 0) is 43.6 Å². The zero-order chi connectivity index (χ0) is 23.5. The van der Waals surface area contributed by atoms with Gasteiger partial charge in [-0.3, -0.25) is 9.11 Å². The van der Waals surface area contributed by atoms with Crippen LogP contribution in [0.5, 0.6) is 0 Å². The molecule has 0 aromatic heterocycles. The van der Waals surface area contributed by atoms with Gasteiger partial charge in [-0.05, 0) is 6.42 Å². The number of unbranched alkanes of at least 4 members (excludes halogenated alkanes) is 1. The molecule has 13 heteroatoms. The van der Waals surface area contributed by atoms with E-state index in [9.17, 15) is 0 Å². The Kier molecular flexibility index (Phi) is 29.1. The fourth-order valence-corrected chi connectivity index (χ4v) is 1.73. The molecule has 0 aliphatic heterocycles. The molecule has 0 aliphatic carbocycles. The molecule has 0 heterocycles. The van der Waals surface area contributed by atoms with Crippen molar-refractivity contribution in [2.75, 3.05) is 99.1 Å². The number of hydrogen-bond acceptors (Lipinski definition) is 10. The molecule has 0 amide bonds. The first-order valence-corrected chi connectivity index (χ1v) is 11.7. The van der Waals surface area contributed by atoms with Gasteiger partial charge in [-0.1, -0.05) is 13.3 Å². The quantitative estimate of drug-likeness (QED) is 0.135. The van der Waals surface area contributed by atoms with Gasteiger partial charge in [0.2, 0.25) is 0 Å². The maximum Gasteiger partial charge on any atom is 0.394 e. The van der Waals surface area contributed by atoms with Crippen molar-refractivity contribution in [1.29, 1.82) is 0 Å². The second-order valence-electron chi connectivity index (χ2n) is 5.81. The number of aliphatic hydroxyl groups is 1. The van der Waals surface area contributed by atoms with Crippen LogP contribution in [0, 0.1) is 0 Å². The Hall–Kier alpha value is -0.450. The lowest BCUT2D eigenvalue weighted by Gasteiger charge is -2.08. The number of aliphatic hydroxyl groups excluding tert-OH is 1. The van der Waals surface area contributed by atoms with Gasteiger partial charge in [-0.25, -0.2) is 0 Å². The van der Waals surface area contributed by atoms with Crippen LogP contribution in [0.3, 0.4) is 0 Å². The molecule has 0 bridgehead atoms. The summed E-state index contributed by atoms with van der Waals surface area (Å²) >= 11 is 0. The smallest absolute Gasteiger partial charge is 0.394 e. The fourth-order valence-electron chi connectivity index (χ4n) is 1.73. The Morgan fingerprint density at radius 3 is 0.968 bits per heavy atom. The molecule has 0 atom stereocenters. The van der Waals surface area contributed by atoms with Crippen LogP contribution < -0.4 is 0 Å². The topological polar surface area (TPSA) is 159 Å². The maximum absolute atomic E-state index is 8.74. The summed E-state index contributed by atoms with van der Waals surface area (Å²) in [5.41, 5.74) is 0. The molecule has 0 fully saturated rings. The van der Waals surface area contributed by atoms with E-state index in [0.29, 0.717) is 85.9 Å². The zero-order valence-corrected chi connectivity index (χ0v) is 19.3. The highest BCUT2D eigenvalue weighted by Crippen LogP contribution is 1.88. The summed E-state index contributed by atoms with van der Waals surface area (Å²) in [6.07, 6.45) is 2.25. The lowest BCUT2D eigenvalue weighted by Crippen LogP contribution is -2.14. The highest BCUT2D eigenvalue weighted by Gasteiger charge is 1.94. The van der Waals surface area contributed by atoms with Gasteiger partial charge in [0, 0.05) is 6.61 Å². The van der Waals surface area contributed by atoms with Gasteiger partial charge < -0.3 is 38.3 Å². The van der Waals surface area contributed by atoms with Crippen LogP contribution in [-0.4, -0.2) is 122 Å². The van der Waals surface area contributed by atoms with Gasteiger partial charge in [-0.15, -0.1) is 0 Å². The molecule has 0 aromatic rings. The monoisotopic (exact) mass is 480 g/mol. The molecule has 0 rings (SSSR count). The second-order valence-corrected chi connectivity index (χ2v) is 6.71. The highest BCUT2D eigenvalue weighted by atomic mass is 32.3. The van der Waals surface area contributed by atoms with E-state index in [1.807, 2.05) is 0 Å². The van der Waals surface area contributed by atoms with E-state index in [1.165, 1.54) is 0 Å². The van der Waals surface area contributed by atoms with Gasteiger partial charge in [0.05, 0.1) is 92.5 Å². The van der Waals surface area contributed by atoms with E-state index < -0.39 is 10.4 Å². The third kappa shape index (κ3) is 44.1. The summed E-state index contributed by atoms with van der Waals surface area (Å²) in [7, 11) is -4.67. The molecule has 190 valence electrons. The minimum atomic E-state index is -4.67. The lowest BCUT2D eigenvalue weighted by molar-refractivity contribution is -0.0215. The van der Waals surface area contributed by atoms with Gasteiger partial charge in [0.15, 0.2) is 0 Å². The lowest BCUT2D eigenvalue weighted by atomic mass is 10.4. The highest BCUT2D eigenvalue weighted by molar-refractivity contribution is 7.79. The summed E-state index contributed by atoms with van der Waals surface area (Å²) < 4.78 is 68.9. The summed E-state index contributed by atoms with van der Waals surface area (Å²) in [6.45, 7) is 9.94. The Balaban J connectivity index is 0. The molecular weight excluding hydrogens is 440 g/mol. The van der Waals surface area contributed by atoms with Crippen molar-refractivity contribution in [1.82, 2.24) is 0 Å². The van der Waals surface area contributed by atoms with Crippen LogP contribution in [0.2, 0.25) is 0 Å². The molecule has 12 nitrogen and oxygen atoms in total. The summed E-state index contributed by atoms with van der Waals surface area (Å²) in [4.78, 5) is 0. The largest absolute Gasteiger partial charge is 0.394 e. The van der Waals surface area contributed by atoms with Crippen LogP contribution in [0.25, 0.3) is 0 Å². The van der Waals surface area contributed by atoms with E-state index in [1.54, 1.807) is 0 Å².